The van der Waals surface area contributed by atoms with Crippen LogP contribution in [-0.2, 0) is 6.54 Å². The Balaban J connectivity index is 2.15. The van der Waals surface area contributed by atoms with Crippen molar-refractivity contribution in [2.75, 3.05) is 13.1 Å². The second kappa shape index (κ2) is 6.97. The fourth-order valence-corrected chi connectivity index (χ4v) is 2.23. The van der Waals surface area contributed by atoms with Crippen molar-refractivity contribution in [3.63, 3.8) is 0 Å². The van der Waals surface area contributed by atoms with E-state index >= 15 is 0 Å². The predicted octanol–water partition coefficient (Wildman–Crippen LogP) is 2.00. The maximum absolute atomic E-state index is 5.95. The van der Waals surface area contributed by atoms with E-state index in [-0.39, 0.29) is 6.04 Å². The minimum absolute atomic E-state index is 0.201. The van der Waals surface area contributed by atoms with Crippen LogP contribution in [-0.4, -0.2) is 28.0 Å². The van der Waals surface area contributed by atoms with Gasteiger partial charge < -0.3 is 5.73 Å². The second-order valence-electron chi connectivity index (χ2n) is 4.46. The van der Waals surface area contributed by atoms with Crippen molar-refractivity contribution in [2.45, 2.75) is 19.5 Å². The Bertz CT molecular complexity index is 472. The van der Waals surface area contributed by atoms with Crippen LogP contribution >= 0.6 is 0 Å². The predicted molar refractivity (Wildman–Crippen MR) is 76.4 cm³/mol. The Morgan fingerprint density at radius 2 is 1.95 bits per heavy atom. The lowest BCUT2D eigenvalue weighted by atomic mass is 10.1. The maximum Gasteiger partial charge on any atom is 0.0489 e. The van der Waals surface area contributed by atoms with Gasteiger partial charge >= 0.3 is 0 Å². The summed E-state index contributed by atoms with van der Waals surface area (Å²) >= 11 is 0. The molecule has 0 saturated heterocycles. The Kier molecular flexibility index (Phi) is 5.01. The topological polar surface area (TPSA) is 55.0 Å². The Labute approximate surface area is 114 Å². The molecule has 1 atom stereocenters. The number of nitrogens with two attached hydrogens (primary N) is 1. The molecule has 19 heavy (non-hydrogen) atoms. The van der Waals surface area contributed by atoms with Crippen LogP contribution in [0.15, 0.2) is 49.1 Å². The van der Waals surface area contributed by atoms with Crippen LogP contribution in [0.2, 0.25) is 0 Å². The molecule has 1 unspecified atom stereocenters. The normalized spacial score (nSPS) is 12.6. The fourth-order valence-electron chi connectivity index (χ4n) is 2.23. The first-order valence-electron chi connectivity index (χ1n) is 6.58. The Hall–Kier alpha value is -1.78. The number of hydrogen-bond acceptors (Lipinski definition) is 4. The number of hydrogen-bond donors (Lipinski definition) is 1. The molecule has 2 aromatic heterocycles. The van der Waals surface area contributed by atoms with Gasteiger partial charge in [-0.1, -0.05) is 13.0 Å². The first kappa shape index (κ1) is 13.6. The van der Waals surface area contributed by atoms with Crippen molar-refractivity contribution in [2.24, 2.45) is 5.73 Å². The summed E-state index contributed by atoms with van der Waals surface area (Å²) in [4.78, 5) is 10.6. The van der Waals surface area contributed by atoms with E-state index in [0.29, 0.717) is 6.54 Å². The molecule has 0 aromatic carbocycles. The molecule has 100 valence electrons. The van der Waals surface area contributed by atoms with Gasteiger partial charge in [0.05, 0.1) is 0 Å². The SMILES string of the molecule is CCN(Cc1ccncc1)C(CN)c1cccnc1. The van der Waals surface area contributed by atoms with Gasteiger partial charge in [0, 0.05) is 43.9 Å². The lowest BCUT2D eigenvalue weighted by molar-refractivity contribution is 0.203. The highest BCUT2D eigenvalue weighted by molar-refractivity contribution is 5.16. The number of likely N-dealkylation sites (N-methyl/N-ethyl adjacent to an activating group) is 1. The lowest BCUT2D eigenvalue weighted by Crippen LogP contribution is -2.33. The second-order valence-corrected chi connectivity index (χ2v) is 4.46. The minimum Gasteiger partial charge on any atom is -0.329 e. The van der Waals surface area contributed by atoms with Crippen LogP contribution in [0.4, 0.5) is 0 Å². The minimum atomic E-state index is 0.201. The van der Waals surface area contributed by atoms with E-state index in [1.807, 2.05) is 36.8 Å². The molecule has 2 heterocycles. The van der Waals surface area contributed by atoms with E-state index in [9.17, 15) is 0 Å². The Morgan fingerprint density at radius 1 is 1.16 bits per heavy atom. The zero-order valence-corrected chi connectivity index (χ0v) is 11.2. The van der Waals surface area contributed by atoms with Crippen molar-refractivity contribution in [1.82, 2.24) is 14.9 Å². The van der Waals surface area contributed by atoms with Gasteiger partial charge in [-0.2, -0.15) is 0 Å². The summed E-state index contributed by atoms with van der Waals surface area (Å²) in [6, 6.07) is 8.32. The van der Waals surface area contributed by atoms with E-state index in [4.69, 9.17) is 5.73 Å². The van der Waals surface area contributed by atoms with Crippen molar-refractivity contribution < 1.29 is 0 Å². The summed E-state index contributed by atoms with van der Waals surface area (Å²) in [5.41, 5.74) is 8.37. The molecule has 4 nitrogen and oxygen atoms in total. The number of aromatic nitrogens is 2. The molecular weight excluding hydrogens is 236 g/mol. The summed E-state index contributed by atoms with van der Waals surface area (Å²) in [7, 11) is 0. The molecule has 0 aliphatic rings. The molecule has 2 N–H and O–H groups in total. The van der Waals surface area contributed by atoms with E-state index in [1.165, 1.54) is 11.1 Å². The van der Waals surface area contributed by atoms with Crippen molar-refractivity contribution >= 4 is 0 Å². The van der Waals surface area contributed by atoms with Gasteiger partial charge in [-0.15, -0.1) is 0 Å². The molecule has 0 radical (unpaired) electrons. The third-order valence-corrected chi connectivity index (χ3v) is 3.27. The van der Waals surface area contributed by atoms with Crippen LogP contribution in [0, 0.1) is 0 Å². The monoisotopic (exact) mass is 256 g/mol. The molecule has 2 aromatic rings. The fraction of sp³-hybridized carbons (Fsp3) is 0.333. The first-order chi connectivity index (χ1) is 9.35. The molecule has 0 saturated carbocycles. The average molecular weight is 256 g/mol. The van der Waals surface area contributed by atoms with Crippen LogP contribution in [0.1, 0.15) is 24.1 Å². The van der Waals surface area contributed by atoms with Crippen LogP contribution in [0.3, 0.4) is 0 Å². The largest absolute Gasteiger partial charge is 0.329 e. The molecule has 0 bridgehead atoms. The van der Waals surface area contributed by atoms with Crippen LogP contribution < -0.4 is 5.73 Å². The van der Waals surface area contributed by atoms with Gasteiger partial charge in [-0.05, 0) is 35.9 Å². The summed E-state index contributed by atoms with van der Waals surface area (Å²) in [5, 5.41) is 0. The third-order valence-electron chi connectivity index (χ3n) is 3.27. The van der Waals surface area contributed by atoms with Gasteiger partial charge in [0.1, 0.15) is 0 Å². The summed E-state index contributed by atoms with van der Waals surface area (Å²) in [6.07, 6.45) is 7.33. The van der Waals surface area contributed by atoms with Crippen molar-refractivity contribution in [3.05, 3.63) is 60.2 Å². The molecule has 4 heteroatoms. The maximum atomic E-state index is 5.95. The van der Waals surface area contributed by atoms with Crippen molar-refractivity contribution in [3.8, 4) is 0 Å². The van der Waals surface area contributed by atoms with Crippen LogP contribution in [0.5, 0.6) is 0 Å². The molecule has 2 rings (SSSR count). The van der Waals surface area contributed by atoms with Gasteiger partial charge in [0.2, 0.25) is 0 Å². The van der Waals surface area contributed by atoms with E-state index in [1.54, 1.807) is 6.20 Å². The average Bonchev–Trinajstić information content (AvgIpc) is 2.49. The van der Waals surface area contributed by atoms with Crippen molar-refractivity contribution in [1.29, 1.82) is 0 Å². The van der Waals surface area contributed by atoms with Crippen LogP contribution in [0.25, 0.3) is 0 Å². The van der Waals surface area contributed by atoms with Gasteiger partial charge in [0.15, 0.2) is 0 Å². The number of pyridine rings is 2. The molecule has 0 spiro atoms. The smallest absolute Gasteiger partial charge is 0.0489 e. The molecular formula is C15H20N4. The zero-order valence-electron chi connectivity index (χ0n) is 11.2. The highest BCUT2D eigenvalue weighted by Gasteiger charge is 2.17. The molecule has 0 aliphatic carbocycles. The number of nitrogens with zero attached hydrogens (tertiary/aromatic N) is 3. The van der Waals surface area contributed by atoms with E-state index in [2.05, 4.69) is 27.9 Å². The van der Waals surface area contributed by atoms with Gasteiger partial charge in [0.25, 0.3) is 0 Å². The standard InChI is InChI=1S/C15H20N4/c1-2-19(12-13-5-8-17-9-6-13)15(10-16)14-4-3-7-18-11-14/h3-9,11,15H,2,10,12,16H2,1H3. The summed E-state index contributed by atoms with van der Waals surface area (Å²) in [5.74, 6) is 0. The Morgan fingerprint density at radius 3 is 2.53 bits per heavy atom. The molecule has 0 fully saturated rings. The summed E-state index contributed by atoms with van der Waals surface area (Å²) < 4.78 is 0. The molecule has 0 amide bonds. The quantitative estimate of drug-likeness (QED) is 0.859. The number of rotatable bonds is 6. The highest BCUT2D eigenvalue weighted by Crippen LogP contribution is 2.20. The summed E-state index contributed by atoms with van der Waals surface area (Å²) in [6.45, 7) is 4.56. The van der Waals surface area contributed by atoms with E-state index in [0.717, 1.165) is 13.1 Å². The first-order valence-corrected chi connectivity index (χ1v) is 6.58. The van der Waals surface area contributed by atoms with Gasteiger partial charge in [-0.25, -0.2) is 0 Å². The van der Waals surface area contributed by atoms with E-state index < -0.39 is 0 Å². The highest BCUT2D eigenvalue weighted by atomic mass is 15.2. The van der Waals surface area contributed by atoms with Gasteiger partial charge in [-0.3, -0.25) is 14.9 Å². The third kappa shape index (κ3) is 3.59. The zero-order chi connectivity index (χ0) is 13.5. The molecule has 0 aliphatic heterocycles. The lowest BCUT2D eigenvalue weighted by Gasteiger charge is -2.30.